The molecule has 0 saturated heterocycles. The molecule has 0 bridgehead atoms. The second kappa shape index (κ2) is 3.58. The Labute approximate surface area is 88.7 Å². The van der Waals surface area contributed by atoms with Crippen molar-refractivity contribution in [3.05, 3.63) is 41.0 Å². The van der Waals surface area contributed by atoms with Crippen LogP contribution in [-0.2, 0) is 0 Å². The highest BCUT2D eigenvalue weighted by atomic mass is 35.5. The Hall–Kier alpha value is -1.08. The van der Waals surface area contributed by atoms with Crippen molar-refractivity contribution in [1.29, 1.82) is 0 Å². The summed E-state index contributed by atoms with van der Waals surface area (Å²) in [4.78, 5) is 4.54. The molecule has 14 heavy (non-hydrogen) atoms. The summed E-state index contributed by atoms with van der Waals surface area (Å²) in [5, 5.41) is 1.86. The van der Waals surface area contributed by atoms with E-state index < -0.39 is 0 Å². The first-order chi connectivity index (χ1) is 6.68. The monoisotopic (exact) mass is 205 g/mol. The zero-order chi connectivity index (χ0) is 10.1. The molecule has 0 radical (unpaired) electrons. The molecule has 0 spiro atoms. The fourth-order valence-corrected chi connectivity index (χ4v) is 1.89. The quantitative estimate of drug-likeness (QED) is 0.686. The fraction of sp³-hybridized carbons (Fsp3) is 0.250. The predicted molar refractivity (Wildman–Crippen MR) is 60.8 cm³/mol. The van der Waals surface area contributed by atoms with Gasteiger partial charge in [-0.15, -0.1) is 0 Å². The number of para-hydroxylation sites is 1. The topological polar surface area (TPSA) is 12.9 Å². The van der Waals surface area contributed by atoms with Gasteiger partial charge in [0.1, 0.15) is 0 Å². The van der Waals surface area contributed by atoms with E-state index in [0.717, 1.165) is 21.6 Å². The van der Waals surface area contributed by atoms with Gasteiger partial charge in [-0.2, -0.15) is 0 Å². The molecule has 0 aliphatic heterocycles. The molecule has 0 atom stereocenters. The fourth-order valence-electron chi connectivity index (χ4n) is 1.51. The molecule has 0 aliphatic rings. The van der Waals surface area contributed by atoms with Crippen LogP contribution >= 0.6 is 11.6 Å². The Bertz CT molecular complexity index is 463. The smallest absolute Gasteiger partial charge is 0.0706 e. The molecule has 72 valence electrons. The molecule has 1 nitrogen and oxygen atoms in total. The predicted octanol–water partition coefficient (Wildman–Crippen LogP) is 4.01. The van der Waals surface area contributed by atoms with Crippen molar-refractivity contribution in [1.82, 2.24) is 4.98 Å². The largest absolute Gasteiger partial charge is 0.251 e. The van der Waals surface area contributed by atoms with Crippen LogP contribution < -0.4 is 0 Å². The van der Waals surface area contributed by atoms with Gasteiger partial charge in [-0.1, -0.05) is 43.6 Å². The number of fused-ring (bicyclic) bond motifs is 1. The van der Waals surface area contributed by atoms with Gasteiger partial charge in [0.2, 0.25) is 0 Å². The minimum atomic E-state index is 0.368. The number of nitrogens with zero attached hydrogens (tertiary/aromatic N) is 1. The second-order valence-corrected chi connectivity index (χ2v) is 4.11. The first kappa shape index (κ1) is 9.47. The third-order valence-electron chi connectivity index (χ3n) is 2.25. The van der Waals surface area contributed by atoms with Crippen LogP contribution in [0, 0.1) is 0 Å². The summed E-state index contributed by atoms with van der Waals surface area (Å²) >= 11 is 6.14. The first-order valence-corrected chi connectivity index (χ1v) is 5.11. The number of hydrogen-bond donors (Lipinski definition) is 0. The summed E-state index contributed by atoms with van der Waals surface area (Å²) in [5.74, 6) is 0.368. The van der Waals surface area contributed by atoms with E-state index in [1.54, 1.807) is 0 Å². The van der Waals surface area contributed by atoms with E-state index in [1.165, 1.54) is 0 Å². The molecule has 1 heterocycles. The number of aromatic nitrogens is 1. The lowest BCUT2D eigenvalue weighted by Gasteiger charge is -2.08. The summed E-state index contributed by atoms with van der Waals surface area (Å²) in [6.07, 6.45) is 0. The van der Waals surface area contributed by atoms with Crippen LogP contribution in [0.25, 0.3) is 10.9 Å². The van der Waals surface area contributed by atoms with E-state index in [9.17, 15) is 0 Å². The van der Waals surface area contributed by atoms with Crippen molar-refractivity contribution in [2.75, 3.05) is 0 Å². The van der Waals surface area contributed by atoms with Gasteiger partial charge in [-0.05, 0) is 18.1 Å². The van der Waals surface area contributed by atoms with Gasteiger partial charge in [0.05, 0.1) is 16.2 Å². The van der Waals surface area contributed by atoms with Crippen LogP contribution in [0.4, 0.5) is 0 Å². The number of rotatable bonds is 1. The van der Waals surface area contributed by atoms with Gasteiger partial charge >= 0.3 is 0 Å². The van der Waals surface area contributed by atoms with Crippen molar-refractivity contribution >= 4 is 22.5 Å². The third-order valence-corrected chi connectivity index (χ3v) is 2.55. The lowest BCUT2D eigenvalue weighted by molar-refractivity contribution is 0.830. The highest BCUT2D eigenvalue weighted by molar-refractivity contribution is 6.31. The van der Waals surface area contributed by atoms with Crippen molar-refractivity contribution in [2.24, 2.45) is 0 Å². The third kappa shape index (κ3) is 1.60. The van der Waals surface area contributed by atoms with Gasteiger partial charge in [-0.25, -0.2) is 0 Å². The van der Waals surface area contributed by atoms with Crippen molar-refractivity contribution in [3.8, 4) is 0 Å². The van der Waals surface area contributed by atoms with Gasteiger partial charge in [0.25, 0.3) is 0 Å². The molecular formula is C12H12ClN. The zero-order valence-corrected chi connectivity index (χ0v) is 9.05. The molecule has 2 heteroatoms. The Kier molecular flexibility index (Phi) is 2.42. The Morgan fingerprint density at radius 1 is 1.21 bits per heavy atom. The maximum Gasteiger partial charge on any atom is 0.0706 e. The lowest BCUT2D eigenvalue weighted by atomic mass is 10.1. The minimum Gasteiger partial charge on any atom is -0.251 e. The first-order valence-electron chi connectivity index (χ1n) is 4.73. The number of benzene rings is 1. The summed E-state index contributed by atoms with van der Waals surface area (Å²) in [6.45, 7) is 4.20. The molecule has 0 aliphatic carbocycles. The molecular weight excluding hydrogens is 194 g/mol. The van der Waals surface area contributed by atoms with Crippen LogP contribution in [0.3, 0.4) is 0 Å². The Balaban J connectivity index is 2.71. The van der Waals surface area contributed by atoms with Crippen molar-refractivity contribution in [3.63, 3.8) is 0 Å². The van der Waals surface area contributed by atoms with Crippen LogP contribution in [-0.4, -0.2) is 4.98 Å². The average molecular weight is 206 g/mol. The van der Waals surface area contributed by atoms with E-state index in [4.69, 9.17) is 11.6 Å². The standard InChI is InChI=1S/C12H12ClN/c1-8(2)12-10(13)7-9-5-3-4-6-11(9)14-12/h3-8H,1-2H3. The summed E-state index contributed by atoms with van der Waals surface area (Å²) < 4.78 is 0. The van der Waals surface area contributed by atoms with E-state index in [0.29, 0.717) is 5.92 Å². The van der Waals surface area contributed by atoms with E-state index in [-0.39, 0.29) is 0 Å². The summed E-state index contributed by atoms with van der Waals surface area (Å²) in [7, 11) is 0. The SMILES string of the molecule is CC(C)c1nc2ccccc2cc1Cl. The maximum absolute atomic E-state index is 6.14. The normalized spacial score (nSPS) is 11.1. The van der Waals surface area contributed by atoms with Crippen LogP contribution in [0.15, 0.2) is 30.3 Å². The maximum atomic E-state index is 6.14. The average Bonchev–Trinajstić information content (AvgIpc) is 2.16. The highest BCUT2D eigenvalue weighted by Gasteiger charge is 2.07. The molecule has 2 rings (SSSR count). The molecule has 0 unspecified atom stereocenters. The van der Waals surface area contributed by atoms with Crippen LogP contribution in [0.1, 0.15) is 25.5 Å². The van der Waals surface area contributed by atoms with E-state index in [1.807, 2.05) is 30.3 Å². The Morgan fingerprint density at radius 3 is 2.64 bits per heavy atom. The molecule has 2 aromatic rings. The van der Waals surface area contributed by atoms with Gasteiger partial charge in [-0.3, -0.25) is 4.98 Å². The Morgan fingerprint density at radius 2 is 1.93 bits per heavy atom. The highest BCUT2D eigenvalue weighted by Crippen LogP contribution is 2.25. The van der Waals surface area contributed by atoms with Gasteiger partial charge in [0, 0.05) is 5.39 Å². The number of pyridine rings is 1. The van der Waals surface area contributed by atoms with Crippen molar-refractivity contribution < 1.29 is 0 Å². The zero-order valence-electron chi connectivity index (χ0n) is 8.29. The summed E-state index contributed by atoms with van der Waals surface area (Å²) in [5.41, 5.74) is 1.99. The molecule has 0 N–H and O–H groups in total. The molecule has 1 aromatic carbocycles. The number of halogens is 1. The lowest BCUT2D eigenvalue weighted by Crippen LogP contribution is -1.94. The van der Waals surface area contributed by atoms with Crippen LogP contribution in [0.2, 0.25) is 5.02 Å². The minimum absolute atomic E-state index is 0.368. The van der Waals surface area contributed by atoms with E-state index >= 15 is 0 Å². The second-order valence-electron chi connectivity index (χ2n) is 3.70. The molecule has 0 amide bonds. The van der Waals surface area contributed by atoms with Crippen molar-refractivity contribution in [2.45, 2.75) is 19.8 Å². The van der Waals surface area contributed by atoms with Crippen LogP contribution in [0.5, 0.6) is 0 Å². The van der Waals surface area contributed by atoms with Gasteiger partial charge < -0.3 is 0 Å². The van der Waals surface area contributed by atoms with E-state index in [2.05, 4.69) is 18.8 Å². The van der Waals surface area contributed by atoms with Gasteiger partial charge in [0.15, 0.2) is 0 Å². The number of hydrogen-bond acceptors (Lipinski definition) is 1. The molecule has 1 aromatic heterocycles. The summed E-state index contributed by atoms with van der Waals surface area (Å²) in [6, 6.07) is 10.0. The molecule has 0 saturated carbocycles. The molecule has 0 fully saturated rings.